The zero-order valence-corrected chi connectivity index (χ0v) is 14.4. The Morgan fingerprint density at radius 3 is 2.54 bits per heavy atom. The molecule has 3 rings (SSSR count). The lowest BCUT2D eigenvalue weighted by atomic mass is 10.1. The molecule has 0 bridgehead atoms. The number of anilines is 1. The third kappa shape index (κ3) is 4.00. The summed E-state index contributed by atoms with van der Waals surface area (Å²) in [7, 11) is 0. The van der Waals surface area contributed by atoms with Gasteiger partial charge < -0.3 is 15.6 Å². The van der Waals surface area contributed by atoms with Crippen LogP contribution in [0.1, 0.15) is 32.2 Å². The van der Waals surface area contributed by atoms with Gasteiger partial charge in [0.2, 0.25) is 5.82 Å². The summed E-state index contributed by atoms with van der Waals surface area (Å²) in [4.78, 5) is 27.4. The predicted octanol–water partition coefficient (Wildman–Crippen LogP) is 3.42. The molecule has 0 fully saturated rings. The van der Waals surface area contributed by atoms with Crippen molar-refractivity contribution >= 4 is 17.5 Å². The van der Waals surface area contributed by atoms with Gasteiger partial charge in [-0.2, -0.15) is 18.2 Å². The van der Waals surface area contributed by atoms with E-state index in [0.717, 1.165) is 5.56 Å². The lowest BCUT2D eigenvalue weighted by Crippen LogP contribution is -2.18. The summed E-state index contributed by atoms with van der Waals surface area (Å²) in [5, 5.41) is 5.86. The van der Waals surface area contributed by atoms with E-state index < -0.39 is 23.9 Å². The van der Waals surface area contributed by atoms with E-state index in [1.54, 1.807) is 19.1 Å². The number of hydrogen-bond donors (Lipinski definition) is 2. The molecule has 3 N–H and O–H groups in total. The van der Waals surface area contributed by atoms with Gasteiger partial charge in [-0.3, -0.25) is 9.59 Å². The van der Waals surface area contributed by atoms with Crippen molar-refractivity contribution in [3.8, 4) is 11.4 Å². The van der Waals surface area contributed by atoms with Crippen LogP contribution < -0.4 is 11.1 Å². The van der Waals surface area contributed by atoms with E-state index in [1.165, 1.54) is 30.3 Å². The molecular formula is C18H13F3N4O3. The number of aryl methyl sites for hydroxylation is 1. The molecule has 0 radical (unpaired) electrons. The summed E-state index contributed by atoms with van der Waals surface area (Å²) in [5.41, 5.74) is 6.73. The van der Waals surface area contributed by atoms with Crippen molar-refractivity contribution < 1.29 is 27.3 Å². The predicted molar refractivity (Wildman–Crippen MR) is 92.4 cm³/mol. The maximum Gasteiger partial charge on any atom is 0.471 e. The van der Waals surface area contributed by atoms with Gasteiger partial charge >= 0.3 is 12.1 Å². The smallest absolute Gasteiger partial charge is 0.366 e. The third-order valence-electron chi connectivity index (χ3n) is 3.74. The molecule has 0 aliphatic rings. The first-order valence-electron chi connectivity index (χ1n) is 7.88. The minimum absolute atomic E-state index is 0.118. The summed E-state index contributed by atoms with van der Waals surface area (Å²) < 4.78 is 42.0. The number of nitrogens with one attached hydrogen (secondary N) is 1. The van der Waals surface area contributed by atoms with Crippen LogP contribution >= 0.6 is 0 Å². The van der Waals surface area contributed by atoms with Gasteiger partial charge in [0.15, 0.2) is 0 Å². The summed E-state index contributed by atoms with van der Waals surface area (Å²) in [5.74, 6) is -3.09. The van der Waals surface area contributed by atoms with Crippen LogP contribution in [0.3, 0.4) is 0 Å². The molecule has 2 amide bonds. The normalized spacial score (nSPS) is 11.3. The summed E-state index contributed by atoms with van der Waals surface area (Å²) >= 11 is 0. The first-order valence-corrected chi connectivity index (χ1v) is 7.88. The molecule has 3 aromatic rings. The second-order valence-electron chi connectivity index (χ2n) is 5.87. The molecule has 0 saturated carbocycles. The van der Waals surface area contributed by atoms with Gasteiger partial charge in [0.25, 0.3) is 11.8 Å². The number of alkyl halides is 3. The minimum Gasteiger partial charge on any atom is -0.366 e. The fourth-order valence-electron chi connectivity index (χ4n) is 2.43. The molecule has 0 aliphatic carbocycles. The van der Waals surface area contributed by atoms with Crippen molar-refractivity contribution in [1.82, 2.24) is 10.1 Å². The molecule has 144 valence electrons. The van der Waals surface area contributed by atoms with E-state index in [-0.39, 0.29) is 28.2 Å². The Morgan fingerprint density at radius 2 is 1.89 bits per heavy atom. The number of benzene rings is 2. The van der Waals surface area contributed by atoms with Gasteiger partial charge in [0.05, 0.1) is 11.3 Å². The monoisotopic (exact) mass is 390 g/mol. The van der Waals surface area contributed by atoms with Crippen LogP contribution in [0, 0.1) is 6.92 Å². The Kier molecular flexibility index (Phi) is 4.87. The molecule has 10 heteroatoms. The van der Waals surface area contributed by atoms with Crippen LogP contribution in [-0.4, -0.2) is 22.0 Å². The molecule has 0 saturated heterocycles. The molecule has 1 heterocycles. The van der Waals surface area contributed by atoms with Crippen LogP contribution in [0.4, 0.5) is 18.9 Å². The molecule has 0 spiro atoms. The third-order valence-corrected chi connectivity index (χ3v) is 3.74. The number of carbonyl (C=O) groups excluding carboxylic acids is 2. The van der Waals surface area contributed by atoms with Gasteiger partial charge in [-0.25, -0.2) is 0 Å². The Bertz CT molecular complexity index is 1060. The largest absolute Gasteiger partial charge is 0.471 e. The highest BCUT2D eigenvalue weighted by atomic mass is 19.4. The highest BCUT2D eigenvalue weighted by Crippen LogP contribution is 2.29. The number of primary amides is 1. The average Bonchev–Trinajstić information content (AvgIpc) is 3.12. The average molecular weight is 390 g/mol. The standard InChI is InChI=1S/C18H13F3N4O3/c1-9-5-6-12(14(22)26)13(7-9)23-16(27)11-4-2-3-10(8-11)15-24-17(28-25-15)18(19,20)21/h2-8H,1H3,(H2,22,26)(H,23,27). The summed E-state index contributed by atoms with van der Waals surface area (Å²) in [6, 6.07) is 10.4. The highest BCUT2D eigenvalue weighted by Gasteiger charge is 2.38. The summed E-state index contributed by atoms with van der Waals surface area (Å²) in [6.45, 7) is 1.77. The number of hydrogen-bond acceptors (Lipinski definition) is 5. The highest BCUT2D eigenvalue weighted by molar-refractivity contribution is 6.09. The fraction of sp³-hybridized carbons (Fsp3) is 0.111. The van der Waals surface area contributed by atoms with Crippen molar-refractivity contribution in [3.63, 3.8) is 0 Å². The van der Waals surface area contributed by atoms with E-state index >= 15 is 0 Å². The zero-order valence-electron chi connectivity index (χ0n) is 14.4. The topological polar surface area (TPSA) is 111 Å². The van der Waals surface area contributed by atoms with Crippen LogP contribution in [-0.2, 0) is 6.18 Å². The van der Waals surface area contributed by atoms with Gasteiger partial charge in [-0.05, 0) is 36.8 Å². The molecule has 2 aromatic carbocycles. The van der Waals surface area contributed by atoms with Crippen molar-refractivity contribution in [2.75, 3.05) is 5.32 Å². The van der Waals surface area contributed by atoms with Crippen LogP contribution in [0.2, 0.25) is 0 Å². The van der Waals surface area contributed by atoms with Crippen molar-refractivity contribution in [2.24, 2.45) is 5.73 Å². The number of nitrogens with two attached hydrogens (primary N) is 1. The molecule has 0 unspecified atom stereocenters. The maximum absolute atomic E-state index is 12.6. The van der Waals surface area contributed by atoms with Crippen LogP contribution in [0.5, 0.6) is 0 Å². The van der Waals surface area contributed by atoms with Gasteiger partial charge in [0, 0.05) is 11.1 Å². The summed E-state index contributed by atoms with van der Waals surface area (Å²) in [6.07, 6.45) is -4.77. The number of amides is 2. The molecular weight excluding hydrogens is 377 g/mol. The van der Waals surface area contributed by atoms with E-state index in [2.05, 4.69) is 20.0 Å². The van der Waals surface area contributed by atoms with E-state index in [4.69, 9.17) is 5.73 Å². The van der Waals surface area contributed by atoms with Crippen molar-refractivity contribution in [2.45, 2.75) is 13.1 Å². The van der Waals surface area contributed by atoms with E-state index in [1.807, 2.05) is 0 Å². The lowest BCUT2D eigenvalue weighted by molar-refractivity contribution is -0.159. The molecule has 1 aromatic heterocycles. The molecule has 7 nitrogen and oxygen atoms in total. The Morgan fingerprint density at radius 1 is 1.14 bits per heavy atom. The Labute approximate surface area is 156 Å². The van der Waals surface area contributed by atoms with Crippen LogP contribution in [0.15, 0.2) is 47.0 Å². The Hall–Kier alpha value is -3.69. The number of carbonyl (C=O) groups is 2. The van der Waals surface area contributed by atoms with Crippen molar-refractivity contribution in [1.29, 1.82) is 0 Å². The van der Waals surface area contributed by atoms with Crippen LogP contribution in [0.25, 0.3) is 11.4 Å². The van der Waals surface area contributed by atoms with E-state index in [0.29, 0.717) is 0 Å². The van der Waals surface area contributed by atoms with Gasteiger partial charge in [-0.1, -0.05) is 23.4 Å². The number of aromatic nitrogens is 2. The number of rotatable bonds is 4. The second kappa shape index (κ2) is 7.14. The second-order valence-corrected chi connectivity index (χ2v) is 5.87. The number of nitrogens with zero attached hydrogens (tertiary/aromatic N) is 2. The quantitative estimate of drug-likeness (QED) is 0.709. The minimum atomic E-state index is -4.77. The first-order chi connectivity index (χ1) is 13.1. The zero-order chi connectivity index (χ0) is 20.5. The molecule has 0 aliphatic heterocycles. The molecule has 0 atom stereocenters. The molecule has 28 heavy (non-hydrogen) atoms. The first kappa shape index (κ1) is 19.1. The lowest BCUT2D eigenvalue weighted by Gasteiger charge is -2.10. The van der Waals surface area contributed by atoms with Crippen molar-refractivity contribution in [3.05, 3.63) is 65.0 Å². The van der Waals surface area contributed by atoms with E-state index in [9.17, 15) is 22.8 Å². The SMILES string of the molecule is Cc1ccc(C(N)=O)c(NC(=O)c2cccc(-c3noc(C(F)(F)F)n3)c2)c1. The maximum atomic E-state index is 12.6. The van der Waals surface area contributed by atoms with Gasteiger partial charge in [0.1, 0.15) is 0 Å². The number of halogens is 3. The van der Waals surface area contributed by atoms with Gasteiger partial charge in [-0.15, -0.1) is 0 Å². The Balaban J connectivity index is 1.89. The fourth-order valence-corrected chi connectivity index (χ4v) is 2.43.